The minimum atomic E-state index is 0. The third-order valence-corrected chi connectivity index (χ3v) is 4.54. The number of para-hydroxylation sites is 2. The molecule has 0 bridgehead atoms. The zero-order valence-corrected chi connectivity index (χ0v) is 25.4. The third kappa shape index (κ3) is 19.6. The van der Waals surface area contributed by atoms with E-state index in [4.69, 9.17) is 9.47 Å². The van der Waals surface area contributed by atoms with E-state index < -0.39 is 0 Å². The summed E-state index contributed by atoms with van der Waals surface area (Å²) in [6, 6.07) is 16.3. The second-order valence-corrected chi connectivity index (χ2v) is 7.16. The Morgan fingerprint density at radius 1 is 0.606 bits per heavy atom. The first-order valence-electron chi connectivity index (χ1n) is 11.3. The van der Waals surface area contributed by atoms with Crippen LogP contribution in [0.4, 0.5) is 11.4 Å². The summed E-state index contributed by atoms with van der Waals surface area (Å²) in [7, 11) is 0. The molecule has 0 aliphatic carbocycles. The zero-order valence-electron chi connectivity index (χ0n) is 20.7. The Morgan fingerprint density at radius 3 is 1.12 bits per heavy atom. The number of hydrogen-bond acceptors (Lipinski definition) is 2. The molecule has 0 radical (unpaired) electrons. The van der Waals surface area contributed by atoms with E-state index in [-0.39, 0.29) is 55.7 Å². The summed E-state index contributed by atoms with van der Waals surface area (Å²) in [6.45, 7) is 14.0. The maximum atomic E-state index is 4.94. The van der Waals surface area contributed by atoms with Crippen LogP contribution < -0.4 is 34.0 Å². The molecule has 7 heteroatoms. The maximum absolute atomic E-state index is 4.94. The van der Waals surface area contributed by atoms with Crippen LogP contribution in [0, 0.1) is 13.8 Å². The molecule has 184 valence electrons. The summed E-state index contributed by atoms with van der Waals surface area (Å²) in [6.07, 6.45) is 5.11. The molecule has 2 fully saturated rings. The van der Waals surface area contributed by atoms with Crippen LogP contribution in [-0.2, 0) is 31.2 Å². The molecule has 2 aliphatic heterocycles. The van der Waals surface area contributed by atoms with Crippen LogP contribution >= 0.6 is 0 Å². The van der Waals surface area contributed by atoms with E-state index in [1.807, 2.05) is 50.2 Å². The molecule has 0 saturated carbocycles. The summed E-state index contributed by atoms with van der Waals surface area (Å²) < 4.78 is 9.89. The monoisotopic (exact) mass is 618 g/mol. The van der Waals surface area contributed by atoms with Gasteiger partial charge in [0.15, 0.2) is 0 Å². The van der Waals surface area contributed by atoms with Crippen molar-refractivity contribution in [2.45, 2.75) is 53.4 Å². The Balaban J connectivity index is -0.000000368. The van der Waals surface area contributed by atoms with Crippen LogP contribution in [-0.4, -0.2) is 39.5 Å². The first kappa shape index (κ1) is 37.2. The van der Waals surface area contributed by atoms with Gasteiger partial charge in [-0.15, -0.1) is 24.5 Å². The molecule has 33 heavy (non-hydrogen) atoms. The van der Waals surface area contributed by atoms with Crippen molar-refractivity contribution in [3.05, 3.63) is 70.3 Å². The molecule has 2 aromatic carbocycles. The quantitative estimate of drug-likeness (QED) is 0.489. The number of hydrogen-bond donors (Lipinski definition) is 0. The van der Waals surface area contributed by atoms with Crippen molar-refractivity contribution >= 4 is 11.4 Å². The van der Waals surface area contributed by atoms with Crippen LogP contribution in [0.15, 0.2) is 48.5 Å². The molecule has 2 saturated heterocycles. The van der Waals surface area contributed by atoms with E-state index >= 15 is 0 Å². The molecule has 0 spiro atoms. The third-order valence-electron chi connectivity index (χ3n) is 4.54. The van der Waals surface area contributed by atoms with Gasteiger partial charge in [-0.25, -0.2) is 0 Å². The fourth-order valence-corrected chi connectivity index (χ4v) is 2.84. The summed E-state index contributed by atoms with van der Waals surface area (Å²) in [4.78, 5) is 0. The Hall–Kier alpha value is -0.366. The smallest absolute Gasteiger partial charge is 1.00 e. The van der Waals surface area contributed by atoms with E-state index in [0.717, 1.165) is 50.9 Å². The van der Waals surface area contributed by atoms with Crippen molar-refractivity contribution in [3.63, 3.8) is 0 Å². The van der Waals surface area contributed by atoms with E-state index in [1.54, 1.807) is 0 Å². The minimum Gasteiger partial charge on any atom is -1.00 e. The molecular formula is C26H40Br2N2O2Ti. The second-order valence-electron chi connectivity index (χ2n) is 7.16. The number of ether oxygens (including phenoxy) is 2. The number of benzene rings is 2. The van der Waals surface area contributed by atoms with Crippen molar-refractivity contribution in [1.82, 2.24) is 0 Å². The van der Waals surface area contributed by atoms with Gasteiger partial charge in [0, 0.05) is 26.4 Å². The molecule has 0 unspecified atom stereocenters. The summed E-state index contributed by atoms with van der Waals surface area (Å²) in [5.41, 5.74) is 4.74. The Kier molecular flexibility index (Phi) is 29.6. The van der Waals surface area contributed by atoms with Gasteiger partial charge in [-0.2, -0.15) is 0 Å². The molecule has 2 aromatic rings. The van der Waals surface area contributed by atoms with Gasteiger partial charge >= 0.3 is 21.7 Å². The summed E-state index contributed by atoms with van der Waals surface area (Å²) in [5.74, 6) is 0. The van der Waals surface area contributed by atoms with Crippen LogP contribution in [0.5, 0.6) is 0 Å². The van der Waals surface area contributed by atoms with E-state index in [1.165, 1.54) is 36.8 Å². The van der Waals surface area contributed by atoms with Crippen molar-refractivity contribution in [2.24, 2.45) is 0 Å². The van der Waals surface area contributed by atoms with Gasteiger partial charge in [0.2, 0.25) is 0 Å². The molecule has 4 nitrogen and oxygen atoms in total. The molecule has 4 rings (SSSR count). The molecule has 0 amide bonds. The summed E-state index contributed by atoms with van der Waals surface area (Å²) >= 11 is 0. The zero-order chi connectivity index (χ0) is 21.9. The van der Waals surface area contributed by atoms with Crippen molar-refractivity contribution in [1.29, 1.82) is 0 Å². The standard InChI is InChI=1S/2C9H12N.2C4H8O.2BrH.Ti/c2*1-3-10-9-7-5-4-6-8(9)2;2*1-2-4-5-3-1;;;/h2*4-7H,3H2,1-2H3;2*1-4H2;2*1H;/q2*-1;;;;;+4/p-2. The number of rotatable bonds is 4. The average molecular weight is 620 g/mol. The van der Waals surface area contributed by atoms with Crippen molar-refractivity contribution < 1.29 is 65.2 Å². The number of aryl methyl sites for hydroxylation is 2. The minimum absolute atomic E-state index is 0. The van der Waals surface area contributed by atoms with Gasteiger partial charge in [0.1, 0.15) is 0 Å². The maximum Gasteiger partial charge on any atom is 4.00 e. The fourth-order valence-electron chi connectivity index (χ4n) is 2.84. The van der Waals surface area contributed by atoms with Gasteiger partial charge in [-0.1, -0.05) is 73.5 Å². The Morgan fingerprint density at radius 2 is 0.909 bits per heavy atom. The molecule has 0 atom stereocenters. The van der Waals surface area contributed by atoms with Gasteiger partial charge in [-0.3, -0.25) is 0 Å². The predicted molar refractivity (Wildman–Crippen MR) is 130 cm³/mol. The molecule has 0 aromatic heterocycles. The second kappa shape index (κ2) is 26.2. The van der Waals surface area contributed by atoms with Gasteiger partial charge < -0.3 is 54.1 Å². The van der Waals surface area contributed by atoms with E-state index in [2.05, 4.69) is 36.6 Å². The number of halogens is 2. The summed E-state index contributed by atoms with van der Waals surface area (Å²) in [5, 5.41) is 8.61. The normalized spacial score (nSPS) is 13.0. The number of nitrogens with zero attached hydrogens (tertiary/aromatic N) is 2. The van der Waals surface area contributed by atoms with Crippen LogP contribution in [0.2, 0.25) is 0 Å². The predicted octanol–water partition coefficient (Wildman–Crippen LogP) is 1.64. The molecular weight excluding hydrogens is 580 g/mol. The van der Waals surface area contributed by atoms with E-state index in [0.29, 0.717) is 0 Å². The molecule has 2 aliphatic rings. The van der Waals surface area contributed by atoms with Crippen LogP contribution in [0.3, 0.4) is 0 Å². The fraction of sp³-hybridized carbons (Fsp3) is 0.538. The first-order chi connectivity index (χ1) is 14.7. The van der Waals surface area contributed by atoms with Gasteiger partial charge in [0.05, 0.1) is 0 Å². The van der Waals surface area contributed by atoms with Crippen LogP contribution in [0.25, 0.3) is 10.6 Å². The van der Waals surface area contributed by atoms with Crippen molar-refractivity contribution in [2.75, 3.05) is 39.5 Å². The average Bonchev–Trinajstić information content (AvgIpc) is 3.52. The Labute approximate surface area is 238 Å². The first-order valence-corrected chi connectivity index (χ1v) is 11.3. The largest absolute Gasteiger partial charge is 4.00 e. The topological polar surface area (TPSA) is 46.7 Å². The van der Waals surface area contributed by atoms with Gasteiger partial charge in [-0.05, 0) is 39.5 Å². The SMILES string of the molecule is C1CCOC1.C1CCOC1.CC[N-]c1ccccc1C.CC[N-]c1ccccc1C.[Br-].[Br-].[Ti+4]. The van der Waals surface area contributed by atoms with Crippen LogP contribution in [0.1, 0.15) is 50.7 Å². The molecule has 2 heterocycles. The van der Waals surface area contributed by atoms with E-state index in [9.17, 15) is 0 Å². The molecule has 0 N–H and O–H groups in total. The van der Waals surface area contributed by atoms with Crippen molar-refractivity contribution in [3.8, 4) is 0 Å². The Bertz CT molecular complexity index is 598. The van der Waals surface area contributed by atoms with Gasteiger partial charge in [0.25, 0.3) is 0 Å².